The average molecular weight is 357 g/mol. The summed E-state index contributed by atoms with van der Waals surface area (Å²) in [6, 6.07) is 4.32. The van der Waals surface area contributed by atoms with Gasteiger partial charge in [-0.05, 0) is 32.4 Å². The summed E-state index contributed by atoms with van der Waals surface area (Å²) in [6.07, 6.45) is 1.58. The fraction of sp³-hybridized carbons (Fsp3) is 0.333. The average Bonchev–Trinajstić information content (AvgIpc) is 2.94. The number of nitrogens with one attached hydrogen (secondary N) is 1. The second-order valence-corrected chi connectivity index (χ2v) is 6.39. The quantitative estimate of drug-likeness (QED) is 0.771. The predicted octanol–water partition coefficient (Wildman–Crippen LogP) is 1.76. The molecule has 136 valence electrons. The Hall–Kier alpha value is -3.03. The molecule has 0 bridgehead atoms. The zero-order chi connectivity index (χ0) is 19.0. The molecule has 1 N–H and O–H groups in total. The first-order valence-electron chi connectivity index (χ1n) is 8.22. The fourth-order valence-electron chi connectivity index (χ4n) is 2.95. The Kier molecular flexibility index (Phi) is 4.58. The zero-order valence-electron chi connectivity index (χ0n) is 15.1. The van der Waals surface area contributed by atoms with Crippen molar-refractivity contribution >= 4 is 16.8 Å². The van der Waals surface area contributed by atoms with Crippen LogP contribution in [0.15, 0.2) is 29.2 Å². The number of carbonyl (C=O) groups is 1. The van der Waals surface area contributed by atoms with Crippen LogP contribution >= 0.6 is 0 Å². The molecule has 7 nitrogen and oxygen atoms in total. The molecular formula is C18H20FN5O2. The van der Waals surface area contributed by atoms with Crippen molar-refractivity contribution in [3.63, 3.8) is 0 Å². The second-order valence-electron chi connectivity index (χ2n) is 6.39. The van der Waals surface area contributed by atoms with Crippen molar-refractivity contribution in [2.45, 2.75) is 33.4 Å². The third-order valence-corrected chi connectivity index (χ3v) is 4.33. The summed E-state index contributed by atoms with van der Waals surface area (Å²) in [5.41, 5.74) is 1.80. The zero-order valence-corrected chi connectivity index (χ0v) is 15.1. The SMILES string of the molecule is Cc1ccc([C@H](C)NC(=O)Cn2nc(C)c3cnn(C)c3c2=O)c(F)c1. The van der Waals surface area contributed by atoms with Crippen molar-refractivity contribution in [1.29, 1.82) is 0 Å². The van der Waals surface area contributed by atoms with Crippen LogP contribution in [-0.4, -0.2) is 25.5 Å². The molecule has 0 saturated carbocycles. The van der Waals surface area contributed by atoms with E-state index in [4.69, 9.17) is 0 Å². The molecule has 3 rings (SSSR count). The molecule has 0 aliphatic heterocycles. The molecule has 0 aliphatic rings. The minimum atomic E-state index is -0.527. The van der Waals surface area contributed by atoms with Gasteiger partial charge in [-0.25, -0.2) is 9.07 Å². The molecule has 2 heterocycles. The van der Waals surface area contributed by atoms with Gasteiger partial charge in [-0.2, -0.15) is 10.2 Å². The molecule has 0 saturated heterocycles. The molecule has 0 unspecified atom stereocenters. The van der Waals surface area contributed by atoms with Gasteiger partial charge in [-0.15, -0.1) is 0 Å². The fourth-order valence-corrected chi connectivity index (χ4v) is 2.95. The van der Waals surface area contributed by atoms with Gasteiger partial charge in [-0.3, -0.25) is 14.3 Å². The van der Waals surface area contributed by atoms with E-state index in [0.717, 1.165) is 10.2 Å². The number of hydrogen-bond acceptors (Lipinski definition) is 4. The predicted molar refractivity (Wildman–Crippen MR) is 95.2 cm³/mol. The molecule has 0 radical (unpaired) electrons. The molecule has 0 aliphatic carbocycles. The van der Waals surface area contributed by atoms with E-state index in [1.807, 2.05) is 0 Å². The van der Waals surface area contributed by atoms with E-state index >= 15 is 0 Å². The maximum atomic E-state index is 14.1. The highest BCUT2D eigenvalue weighted by Crippen LogP contribution is 2.18. The summed E-state index contributed by atoms with van der Waals surface area (Å²) in [6.45, 7) is 4.99. The molecular weight excluding hydrogens is 337 g/mol. The van der Waals surface area contributed by atoms with E-state index in [2.05, 4.69) is 15.5 Å². The van der Waals surface area contributed by atoms with Gasteiger partial charge in [0.1, 0.15) is 17.9 Å². The molecule has 26 heavy (non-hydrogen) atoms. The number of nitrogens with zero attached hydrogens (tertiary/aromatic N) is 4. The van der Waals surface area contributed by atoms with E-state index in [-0.39, 0.29) is 12.4 Å². The van der Waals surface area contributed by atoms with Gasteiger partial charge in [0.15, 0.2) is 0 Å². The first kappa shape index (κ1) is 17.8. The van der Waals surface area contributed by atoms with Gasteiger partial charge in [0.25, 0.3) is 5.56 Å². The lowest BCUT2D eigenvalue weighted by molar-refractivity contribution is -0.122. The van der Waals surface area contributed by atoms with Gasteiger partial charge in [0.05, 0.1) is 17.9 Å². The van der Waals surface area contributed by atoms with Crippen molar-refractivity contribution < 1.29 is 9.18 Å². The van der Waals surface area contributed by atoms with Crippen molar-refractivity contribution in [3.05, 3.63) is 57.4 Å². The van der Waals surface area contributed by atoms with Crippen molar-refractivity contribution in [1.82, 2.24) is 24.9 Å². The maximum Gasteiger partial charge on any atom is 0.293 e. The minimum absolute atomic E-state index is 0.251. The molecule has 2 aromatic heterocycles. The largest absolute Gasteiger partial charge is 0.348 e. The lowest BCUT2D eigenvalue weighted by Gasteiger charge is -2.16. The number of amides is 1. The summed E-state index contributed by atoms with van der Waals surface area (Å²) in [7, 11) is 1.66. The normalized spacial score (nSPS) is 12.3. The Morgan fingerprint density at radius 3 is 2.77 bits per heavy atom. The highest BCUT2D eigenvalue weighted by atomic mass is 19.1. The molecule has 8 heteroatoms. The topological polar surface area (TPSA) is 81.8 Å². The van der Waals surface area contributed by atoms with E-state index in [9.17, 15) is 14.0 Å². The van der Waals surface area contributed by atoms with Crippen LogP contribution in [0, 0.1) is 19.7 Å². The number of carbonyl (C=O) groups excluding carboxylic acids is 1. The first-order chi connectivity index (χ1) is 12.3. The number of aryl methyl sites for hydroxylation is 3. The molecule has 0 fully saturated rings. The van der Waals surface area contributed by atoms with Crippen molar-refractivity contribution in [2.24, 2.45) is 7.05 Å². The molecule has 1 atom stereocenters. The third kappa shape index (κ3) is 3.22. The van der Waals surface area contributed by atoms with E-state index < -0.39 is 17.5 Å². The Morgan fingerprint density at radius 2 is 2.08 bits per heavy atom. The van der Waals surface area contributed by atoms with Crippen LogP contribution < -0.4 is 10.9 Å². The van der Waals surface area contributed by atoms with Crippen LogP contribution in [0.2, 0.25) is 0 Å². The number of halogens is 1. The second kappa shape index (κ2) is 6.70. The van der Waals surface area contributed by atoms with Crippen LogP contribution in [0.1, 0.15) is 29.8 Å². The summed E-state index contributed by atoms with van der Waals surface area (Å²) < 4.78 is 16.6. The first-order valence-corrected chi connectivity index (χ1v) is 8.22. The summed E-state index contributed by atoms with van der Waals surface area (Å²) >= 11 is 0. The van der Waals surface area contributed by atoms with Crippen LogP contribution in [0.5, 0.6) is 0 Å². The van der Waals surface area contributed by atoms with Crippen LogP contribution in [0.3, 0.4) is 0 Å². The van der Waals surface area contributed by atoms with Crippen LogP contribution in [0.4, 0.5) is 4.39 Å². The Balaban J connectivity index is 1.82. The maximum absolute atomic E-state index is 14.1. The Morgan fingerprint density at radius 1 is 1.35 bits per heavy atom. The highest BCUT2D eigenvalue weighted by molar-refractivity contribution is 5.80. The van der Waals surface area contributed by atoms with Crippen molar-refractivity contribution in [2.75, 3.05) is 0 Å². The number of rotatable bonds is 4. The van der Waals surface area contributed by atoms with E-state index in [1.165, 1.54) is 10.7 Å². The molecule has 0 spiro atoms. The lowest BCUT2D eigenvalue weighted by Crippen LogP contribution is -2.35. The monoisotopic (exact) mass is 357 g/mol. The molecule has 1 amide bonds. The summed E-state index contributed by atoms with van der Waals surface area (Å²) in [4.78, 5) is 24.9. The molecule has 1 aromatic carbocycles. The lowest BCUT2D eigenvalue weighted by atomic mass is 10.1. The smallest absolute Gasteiger partial charge is 0.293 e. The van der Waals surface area contributed by atoms with Gasteiger partial charge >= 0.3 is 0 Å². The summed E-state index contributed by atoms with van der Waals surface area (Å²) in [5, 5.41) is 11.6. The van der Waals surface area contributed by atoms with Crippen molar-refractivity contribution in [3.8, 4) is 0 Å². The standard InChI is InChI=1S/C18H20FN5O2/c1-10-5-6-13(15(19)7-10)11(2)21-16(25)9-24-18(26)17-14(12(3)22-24)8-20-23(17)4/h5-8,11H,9H2,1-4H3,(H,21,25)/t11-/m0/s1. The number of hydrogen-bond donors (Lipinski definition) is 1. The Bertz CT molecular complexity index is 1050. The van der Waals surface area contributed by atoms with Gasteiger partial charge in [0, 0.05) is 18.0 Å². The van der Waals surface area contributed by atoms with E-state index in [0.29, 0.717) is 22.2 Å². The van der Waals surface area contributed by atoms with Crippen LogP contribution in [-0.2, 0) is 18.4 Å². The third-order valence-electron chi connectivity index (χ3n) is 4.33. The Labute approximate surface area is 149 Å². The summed E-state index contributed by atoms with van der Waals surface area (Å²) in [5.74, 6) is -0.798. The van der Waals surface area contributed by atoms with E-state index in [1.54, 1.807) is 46.1 Å². The van der Waals surface area contributed by atoms with Gasteiger partial charge < -0.3 is 5.32 Å². The van der Waals surface area contributed by atoms with Crippen LogP contribution in [0.25, 0.3) is 10.9 Å². The number of benzene rings is 1. The number of aromatic nitrogens is 4. The minimum Gasteiger partial charge on any atom is -0.348 e. The van der Waals surface area contributed by atoms with Gasteiger partial charge in [-0.1, -0.05) is 12.1 Å². The highest BCUT2D eigenvalue weighted by Gasteiger charge is 2.17. The van der Waals surface area contributed by atoms with Gasteiger partial charge in [0.2, 0.25) is 5.91 Å². The number of fused-ring (bicyclic) bond motifs is 1. The molecule has 3 aromatic rings.